The first-order valence-corrected chi connectivity index (χ1v) is 11.4. The van der Waals surface area contributed by atoms with E-state index in [2.05, 4.69) is 15.0 Å². The standard InChI is InChI=1S/C24H22F2N4O2S/c1-13-27-20(21(33-13)14-6-4-7-15(12-14)32-3)22(31)30-11-5-10-24(30,2)23-28-17-9-8-16(25)18(26)19(17)29-23/h4,6-9,12H,5,10-11H2,1-3H3,(H,28,29). The first-order chi connectivity index (χ1) is 15.8. The van der Waals surface area contributed by atoms with Crippen molar-refractivity contribution in [3.05, 3.63) is 64.6 Å². The van der Waals surface area contributed by atoms with E-state index in [-0.39, 0.29) is 11.4 Å². The van der Waals surface area contributed by atoms with Crippen molar-refractivity contribution in [3.63, 3.8) is 0 Å². The number of amides is 1. The third-order valence-electron chi connectivity index (χ3n) is 6.21. The summed E-state index contributed by atoms with van der Waals surface area (Å²) >= 11 is 1.45. The number of fused-ring (bicyclic) bond motifs is 1. The van der Waals surface area contributed by atoms with Crippen LogP contribution < -0.4 is 4.74 Å². The minimum absolute atomic E-state index is 0.0629. The summed E-state index contributed by atoms with van der Waals surface area (Å²) in [7, 11) is 1.60. The molecule has 170 valence electrons. The van der Waals surface area contributed by atoms with E-state index >= 15 is 0 Å². The van der Waals surface area contributed by atoms with Crippen LogP contribution in [0, 0.1) is 18.6 Å². The number of aryl methyl sites for hydroxylation is 1. The van der Waals surface area contributed by atoms with Crippen LogP contribution in [-0.2, 0) is 5.54 Å². The molecule has 0 bridgehead atoms. The third kappa shape index (κ3) is 3.47. The summed E-state index contributed by atoms with van der Waals surface area (Å²) < 4.78 is 33.3. The molecule has 33 heavy (non-hydrogen) atoms. The summed E-state index contributed by atoms with van der Waals surface area (Å²) in [5, 5.41) is 0.776. The molecule has 1 aliphatic rings. The summed E-state index contributed by atoms with van der Waals surface area (Å²) in [5.41, 5.74) is 0.748. The second-order valence-electron chi connectivity index (χ2n) is 8.32. The fraction of sp³-hybridized carbons (Fsp3) is 0.292. The third-order valence-corrected chi connectivity index (χ3v) is 7.23. The number of hydrogen-bond donors (Lipinski definition) is 1. The number of aromatic nitrogens is 3. The highest BCUT2D eigenvalue weighted by Crippen LogP contribution is 2.41. The molecule has 0 radical (unpaired) electrons. The topological polar surface area (TPSA) is 71.1 Å². The maximum absolute atomic E-state index is 14.3. The average Bonchev–Trinajstić information content (AvgIpc) is 3.53. The molecule has 1 saturated heterocycles. The van der Waals surface area contributed by atoms with Crippen molar-refractivity contribution < 1.29 is 18.3 Å². The van der Waals surface area contributed by atoms with Gasteiger partial charge in [-0.15, -0.1) is 11.3 Å². The SMILES string of the molecule is COc1cccc(-c2sc(C)nc2C(=O)N2CCCC2(C)c2nc3c(F)c(F)ccc3[nH]2)c1. The number of carbonyl (C=O) groups excluding carboxylic acids is 1. The molecule has 1 unspecified atom stereocenters. The van der Waals surface area contributed by atoms with Crippen LogP contribution in [0.2, 0.25) is 0 Å². The van der Waals surface area contributed by atoms with E-state index < -0.39 is 17.2 Å². The number of H-pyrrole nitrogens is 1. The largest absolute Gasteiger partial charge is 0.497 e. The number of halogens is 2. The quantitative estimate of drug-likeness (QED) is 0.433. The van der Waals surface area contributed by atoms with Gasteiger partial charge in [0.05, 0.1) is 28.1 Å². The molecule has 1 amide bonds. The fourth-order valence-electron chi connectivity index (χ4n) is 4.47. The van der Waals surface area contributed by atoms with Gasteiger partial charge in [-0.05, 0) is 56.5 Å². The molecule has 4 aromatic rings. The number of imidazole rings is 1. The highest BCUT2D eigenvalue weighted by molar-refractivity contribution is 7.15. The molecule has 3 heterocycles. The normalized spacial score (nSPS) is 18.3. The molecular weight excluding hydrogens is 446 g/mol. The van der Waals surface area contributed by atoms with Gasteiger partial charge in [-0.2, -0.15) is 0 Å². The van der Waals surface area contributed by atoms with Gasteiger partial charge < -0.3 is 14.6 Å². The molecule has 2 aromatic heterocycles. The Hall–Kier alpha value is -3.33. The molecule has 5 rings (SSSR count). The van der Waals surface area contributed by atoms with Crippen LogP contribution >= 0.6 is 11.3 Å². The molecule has 0 saturated carbocycles. The predicted molar refractivity (Wildman–Crippen MR) is 122 cm³/mol. The zero-order valence-electron chi connectivity index (χ0n) is 18.4. The van der Waals surface area contributed by atoms with Crippen LogP contribution in [0.15, 0.2) is 36.4 Å². The van der Waals surface area contributed by atoms with Crippen molar-refractivity contribution in [1.29, 1.82) is 0 Å². The molecule has 6 nitrogen and oxygen atoms in total. The van der Waals surface area contributed by atoms with Crippen LogP contribution in [0.4, 0.5) is 8.78 Å². The summed E-state index contributed by atoms with van der Waals surface area (Å²) in [6, 6.07) is 10.0. The lowest BCUT2D eigenvalue weighted by Gasteiger charge is -2.33. The highest BCUT2D eigenvalue weighted by Gasteiger charge is 2.45. The number of hydrogen-bond acceptors (Lipinski definition) is 5. The molecule has 0 spiro atoms. The maximum atomic E-state index is 14.3. The monoisotopic (exact) mass is 468 g/mol. The minimum atomic E-state index is -0.995. The Morgan fingerprint density at radius 1 is 1.24 bits per heavy atom. The van der Waals surface area contributed by atoms with Crippen molar-refractivity contribution in [2.45, 2.75) is 32.2 Å². The summed E-state index contributed by atoms with van der Waals surface area (Å²) in [6.07, 6.45) is 1.40. The molecule has 0 aliphatic carbocycles. The van der Waals surface area contributed by atoms with E-state index in [0.717, 1.165) is 27.9 Å². The first-order valence-electron chi connectivity index (χ1n) is 10.6. The number of methoxy groups -OCH3 is 1. The maximum Gasteiger partial charge on any atom is 0.274 e. The molecular formula is C24H22F2N4O2S. The van der Waals surface area contributed by atoms with Gasteiger partial charge in [-0.1, -0.05) is 12.1 Å². The number of aromatic amines is 1. The molecule has 1 atom stereocenters. The number of likely N-dealkylation sites (tertiary alicyclic amines) is 1. The van der Waals surface area contributed by atoms with Gasteiger partial charge in [-0.3, -0.25) is 4.79 Å². The van der Waals surface area contributed by atoms with Crippen molar-refractivity contribution in [1.82, 2.24) is 19.9 Å². The average molecular weight is 469 g/mol. The molecule has 9 heteroatoms. The van der Waals surface area contributed by atoms with Crippen LogP contribution in [-0.4, -0.2) is 39.4 Å². The number of nitrogens with one attached hydrogen (secondary N) is 1. The molecule has 1 N–H and O–H groups in total. The molecule has 1 fully saturated rings. The lowest BCUT2D eigenvalue weighted by Crippen LogP contribution is -2.44. The van der Waals surface area contributed by atoms with Crippen LogP contribution in [0.5, 0.6) is 5.75 Å². The van der Waals surface area contributed by atoms with Crippen LogP contribution in [0.3, 0.4) is 0 Å². The first kappa shape index (κ1) is 21.5. The Balaban J connectivity index is 1.56. The van der Waals surface area contributed by atoms with Gasteiger partial charge in [0.25, 0.3) is 5.91 Å². The Bertz CT molecular complexity index is 1380. The summed E-state index contributed by atoms with van der Waals surface area (Å²) in [5.74, 6) is -1.04. The Morgan fingerprint density at radius 2 is 2.06 bits per heavy atom. The fourth-order valence-corrected chi connectivity index (χ4v) is 5.37. The van der Waals surface area contributed by atoms with E-state index in [1.54, 1.807) is 12.0 Å². The van der Waals surface area contributed by atoms with Crippen molar-refractivity contribution in [3.8, 4) is 16.2 Å². The van der Waals surface area contributed by atoms with E-state index in [0.29, 0.717) is 35.8 Å². The van der Waals surface area contributed by atoms with Crippen molar-refractivity contribution in [2.75, 3.05) is 13.7 Å². The van der Waals surface area contributed by atoms with E-state index in [1.165, 1.54) is 17.4 Å². The number of ether oxygens (including phenoxy) is 1. The number of rotatable bonds is 4. The summed E-state index contributed by atoms with van der Waals surface area (Å²) in [4.78, 5) is 28.3. The predicted octanol–water partition coefficient (Wildman–Crippen LogP) is 5.43. The van der Waals surface area contributed by atoms with Crippen molar-refractivity contribution in [2.24, 2.45) is 0 Å². The lowest BCUT2D eigenvalue weighted by atomic mass is 9.97. The number of benzene rings is 2. The highest BCUT2D eigenvalue weighted by atomic mass is 32.1. The van der Waals surface area contributed by atoms with Gasteiger partial charge in [0.15, 0.2) is 11.6 Å². The minimum Gasteiger partial charge on any atom is -0.497 e. The zero-order valence-corrected chi connectivity index (χ0v) is 19.2. The summed E-state index contributed by atoms with van der Waals surface area (Å²) in [6.45, 7) is 4.27. The van der Waals surface area contributed by atoms with E-state index in [9.17, 15) is 13.6 Å². The number of nitrogens with zero attached hydrogens (tertiary/aromatic N) is 3. The van der Waals surface area contributed by atoms with Crippen LogP contribution in [0.25, 0.3) is 21.5 Å². The van der Waals surface area contributed by atoms with Crippen molar-refractivity contribution >= 4 is 28.3 Å². The van der Waals surface area contributed by atoms with Crippen LogP contribution in [0.1, 0.15) is 41.1 Å². The second kappa shape index (κ2) is 7.91. The molecule has 1 aliphatic heterocycles. The number of thiazole rings is 1. The van der Waals surface area contributed by atoms with Gasteiger partial charge in [-0.25, -0.2) is 18.7 Å². The smallest absolute Gasteiger partial charge is 0.274 e. The van der Waals surface area contributed by atoms with E-state index in [1.807, 2.05) is 38.1 Å². The zero-order chi connectivity index (χ0) is 23.3. The number of carbonyl (C=O) groups is 1. The van der Waals surface area contributed by atoms with Gasteiger partial charge >= 0.3 is 0 Å². The van der Waals surface area contributed by atoms with E-state index in [4.69, 9.17) is 4.74 Å². The second-order valence-corrected chi connectivity index (χ2v) is 9.52. The Morgan fingerprint density at radius 3 is 2.85 bits per heavy atom. The lowest BCUT2D eigenvalue weighted by molar-refractivity contribution is 0.0601. The molecule has 2 aromatic carbocycles. The van der Waals surface area contributed by atoms with Gasteiger partial charge in [0.1, 0.15) is 22.8 Å². The van der Waals surface area contributed by atoms with Gasteiger partial charge in [0, 0.05) is 6.54 Å². The van der Waals surface area contributed by atoms with Gasteiger partial charge in [0.2, 0.25) is 0 Å². The Labute approximate surface area is 193 Å². The Kier molecular flexibility index (Phi) is 5.16.